The van der Waals surface area contributed by atoms with Gasteiger partial charge in [-0.15, -0.1) is 11.3 Å². The van der Waals surface area contributed by atoms with Crippen molar-refractivity contribution >= 4 is 34.8 Å². The fraction of sp³-hybridized carbons (Fsp3) is 0.250. The van der Waals surface area contributed by atoms with Gasteiger partial charge in [0.15, 0.2) is 0 Å². The van der Waals surface area contributed by atoms with E-state index in [4.69, 9.17) is 11.6 Å². The lowest BCUT2D eigenvalue weighted by atomic mass is 10.1. The minimum absolute atomic E-state index is 0.0880. The molecule has 2 aromatic heterocycles. The number of benzene rings is 1. The first-order chi connectivity index (χ1) is 13.1. The third kappa shape index (κ3) is 3.82. The van der Waals surface area contributed by atoms with Crippen molar-refractivity contribution in [2.24, 2.45) is 0 Å². The summed E-state index contributed by atoms with van der Waals surface area (Å²) < 4.78 is 0. The quantitative estimate of drug-likeness (QED) is 0.665. The largest absolute Gasteiger partial charge is 0.337 e. The molecule has 1 saturated heterocycles. The second-order valence-corrected chi connectivity index (χ2v) is 7.95. The number of carbonyl (C=O) groups excluding carboxylic acids is 1. The highest BCUT2D eigenvalue weighted by atomic mass is 35.5. The van der Waals surface area contributed by atoms with Crippen LogP contribution in [0.15, 0.2) is 48.8 Å². The Morgan fingerprint density at radius 1 is 1.07 bits per heavy atom. The van der Waals surface area contributed by atoms with Gasteiger partial charge in [0.25, 0.3) is 5.91 Å². The van der Waals surface area contributed by atoms with Crippen LogP contribution in [0.2, 0.25) is 5.02 Å². The minimum Gasteiger partial charge on any atom is -0.337 e. The Kier molecular flexibility index (Phi) is 5.09. The van der Waals surface area contributed by atoms with Gasteiger partial charge in [-0.3, -0.25) is 4.79 Å². The molecule has 0 saturated carbocycles. The van der Waals surface area contributed by atoms with E-state index >= 15 is 0 Å². The summed E-state index contributed by atoms with van der Waals surface area (Å²) in [6, 6.07) is 11.5. The maximum Gasteiger partial charge on any atom is 0.264 e. The zero-order chi connectivity index (χ0) is 18.8. The smallest absolute Gasteiger partial charge is 0.264 e. The molecule has 1 aromatic carbocycles. The van der Waals surface area contributed by atoms with Crippen LogP contribution in [-0.4, -0.2) is 47.0 Å². The summed E-state index contributed by atoms with van der Waals surface area (Å²) in [5.74, 6) is 0.810. The maximum absolute atomic E-state index is 13.0. The van der Waals surface area contributed by atoms with Crippen molar-refractivity contribution in [3.8, 4) is 10.4 Å². The van der Waals surface area contributed by atoms with Crippen molar-refractivity contribution in [1.29, 1.82) is 0 Å². The molecular formula is C20H19ClN4OS. The number of hydrogen-bond donors (Lipinski definition) is 0. The number of hydrogen-bond acceptors (Lipinski definition) is 5. The summed E-state index contributed by atoms with van der Waals surface area (Å²) in [5.41, 5.74) is 2.15. The average molecular weight is 399 g/mol. The van der Waals surface area contributed by atoms with Crippen LogP contribution in [0.3, 0.4) is 0 Å². The Morgan fingerprint density at radius 3 is 2.52 bits per heavy atom. The van der Waals surface area contributed by atoms with Gasteiger partial charge >= 0.3 is 0 Å². The first-order valence-electron chi connectivity index (χ1n) is 8.79. The summed E-state index contributed by atoms with van der Waals surface area (Å²) in [7, 11) is 0. The van der Waals surface area contributed by atoms with E-state index in [1.54, 1.807) is 18.5 Å². The van der Waals surface area contributed by atoms with Gasteiger partial charge in [0.1, 0.15) is 0 Å². The molecular weight excluding hydrogens is 380 g/mol. The van der Waals surface area contributed by atoms with Crippen molar-refractivity contribution in [3.63, 3.8) is 0 Å². The Morgan fingerprint density at radius 2 is 1.81 bits per heavy atom. The SMILES string of the molecule is Cc1cc(C(=O)N2CCN(c3ncccn3)CC2)sc1-c1cccc(Cl)c1. The molecule has 3 aromatic rings. The molecule has 1 aliphatic rings. The van der Waals surface area contributed by atoms with E-state index in [9.17, 15) is 4.79 Å². The van der Waals surface area contributed by atoms with Gasteiger partial charge in [0.05, 0.1) is 4.88 Å². The third-order valence-corrected chi connectivity index (χ3v) is 6.13. The highest BCUT2D eigenvalue weighted by molar-refractivity contribution is 7.17. The molecule has 138 valence electrons. The summed E-state index contributed by atoms with van der Waals surface area (Å²) in [4.78, 5) is 27.4. The van der Waals surface area contributed by atoms with Crippen molar-refractivity contribution in [3.05, 3.63) is 64.3 Å². The van der Waals surface area contributed by atoms with Crippen LogP contribution in [0.1, 0.15) is 15.2 Å². The molecule has 5 nitrogen and oxygen atoms in total. The fourth-order valence-electron chi connectivity index (χ4n) is 3.22. The number of piperazine rings is 1. The van der Waals surface area contributed by atoms with Crippen LogP contribution < -0.4 is 4.90 Å². The van der Waals surface area contributed by atoms with Crippen LogP contribution in [-0.2, 0) is 0 Å². The van der Waals surface area contributed by atoms with Crippen LogP contribution in [0, 0.1) is 6.92 Å². The number of nitrogens with zero attached hydrogens (tertiary/aromatic N) is 4. The highest BCUT2D eigenvalue weighted by Crippen LogP contribution is 2.34. The van der Waals surface area contributed by atoms with Gasteiger partial charge in [-0.1, -0.05) is 23.7 Å². The number of amides is 1. The predicted octanol–water partition coefficient (Wildman–Crippen LogP) is 4.13. The molecule has 7 heteroatoms. The zero-order valence-corrected chi connectivity index (χ0v) is 16.5. The second kappa shape index (κ2) is 7.66. The number of carbonyl (C=O) groups is 1. The van der Waals surface area contributed by atoms with Crippen molar-refractivity contribution in [2.45, 2.75) is 6.92 Å². The van der Waals surface area contributed by atoms with Gasteiger partial charge in [-0.05, 0) is 42.3 Å². The van der Waals surface area contributed by atoms with Crippen LogP contribution in [0.4, 0.5) is 5.95 Å². The summed E-state index contributed by atoms with van der Waals surface area (Å²) in [5, 5.41) is 0.701. The predicted molar refractivity (Wildman–Crippen MR) is 110 cm³/mol. The van der Waals surface area contributed by atoms with Gasteiger partial charge in [-0.2, -0.15) is 0 Å². The average Bonchev–Trinajstić information content (AvgIpc) is 3.10. The fourth-order valence-corrected chi connectivity index (χ4v) is 4.55. The van der Waals surface area contributed by atoms with Crippen molar-refractivity contribution < 1.29 is 4.79 Å². The molecule has 27 heavy (non-hydrogen) atoms. The van der Waals surface area contributed by atoms with Crippen molar-refractivity contribution in [2.75, 3.05) is 31.1 Å². The lowest BCUT2D eigenvalue weighted by Crippen LogP contribution is -2.49. The van der Waals surface area contributed by atoms with E-state index in [1.807, 2.05) is 42.2 Å². The number of halogens is 1. The molecule has 0 N–H and O–H groups in total. The van der Waals surface area contributed by atoms with Crippen LogP contribution >= 0.6 is 22.9 Å². The number of rotatable bonds is 3. The van der Waals surface area contributed by atoms with E-state index in [2.05, 4.69) is 14.9 Å². The second-order valence-electron chi connectivity index (χ2n) is 6.46. The normalized spacial score (nSPS) is 14.4. The van der Waals surface area contributed by atoms with E-state index < -0.39 is 0 Å². The summed E-state index contributed by atoms with van der Waals surface area (Å²) in [6.07, 6.45) is 3.48. The molecule has 3 heterocycles. The Bertz CT molecular complexity index is 952. The Balaban J connectivity index is 1.47. The molecule has 4 rings (SSSR count). The first kappa shape index (κ1) is 17.9. The Hall–Kier alpha value is -2.44. The molecule has 1 aliphatic heterocycles. The van der Waals surface area contributed by atoms with Gasteiger partial charge in [0, 0.05) is 48.5 Å². The highest BCUT2D eigenvalue weighted by Gasteiger charge is 2.25. The monoisotopic (exact) mass is 398 g/mol. The van der Waals surface area contributed by atoms with E-state index in [0.29, 0.717) is 18.1 Å². The summed E-state index contributed by atoms with van der Waals surface area (Å²) >= 11 is 7.65. The van der Waals surface area contributed by atoms with E-state index in [0.717, 1.165) is 39.9 Å². The standard InChI is InChI=1S/C20H19ClN4OS/c1-14-12-17(27-18(14)15-4-2-5-16(21)13-15)19(26)24-8-10-25(11-9-24)20-22-6-3-7-23-20/h2-7,12-13H,8-11H2,1H3. The lowest BCUT2D eigenvalue weighted by molar-refractivity contribution is 0.0751. The Labute approximate surface area is 167 Å². The van der Waals surface area contributed by atoms with Crippen LogP contribution in [0.5, 0.6) is 0 Å². The van der Waals surface area contributed by atoms with Crippen LogP contribution in [0.25, 0.3) is 10.4 Å². The number of aromatic nitrogens is 2. The number of anilines is 1. The van der Waals surface area contributed by atoms with Crippen molar-refractivity contribution in [1.82, 2.24) is 14.9 Å². The molecule has 0 unspecified atom stereocenters. The molecule has 0 bridgehead atoms. The van der Waals surface area contributed by atoms with Gasteiger partial charge < -0.3 is 9.80 Å². The number of aryl methyl sites for hydroxylation is 1. The molecule has 0 spiro atoms. The minimum atomic E-state index is 0.0880. The van der Waals surface area contributed by atoms with Gasteiger partial charge in [0.2, 0.25) is 5.95 Å². The maximum atomic E-state index is 13.0. The molecule has 1 fully saturated rings. The molecule has 0 atom stereocenters. The summed E-state index contributed by atoms with van der Waals surface area (Å²) in [6.45, 7) is 4.85. The van der Waals surface area contributed by atoms with E-state index in [1.165, 1.54) is 11.3 Å². The third-order valence-electron chi connectivity index (χ3n) is 4.62. The first-order valence-corrected chi connectivity index (χ1v) is 9.99. The van der Waals surface area contributed by atoms with E-state index in [-0.39, 0.29) is 5.91 Å². The molecule has 0 aliphatic carbocycles. The zero-order valence-electron chi connectivity index (χ0n) is 14.9. The lowest BCUT2D eigenvalue weighted by Gasteiger charge is -2.34. The van der Waals surface area contributed by atoms with Gasteiger partial charge in [-0.25, -0.2) is 9.97 Å². The number of thiophene rings is 1. The topological polar surface area (TPSA) is 49.3 Å². The molecule has 0 radical (unpaired) electrons. The molecule has 1 amide bonds.